The zero-order valence-electron chi connectivity index (χ0n) is 23.1. The van der Waals surface area contributed by atoms with Gasteiger partial charge in [-0.25, -0.2) is 13.8 Å². The largest absolute Gasteiger partial charge is 0.440 e. The predicted molar refractivity (Wildman–Crippen MR) is 150 cm³/mol. The van der Waals surface area contributed by atoms with E-state index in [1.807, 2.05) is 55.1 Å². The number of nitrogens with zero attached hydrogens (tertiary/aromatic N) is 3. The van der Waals surface area contributed by atoms with Gasteiger partial charge in [0.15, 0.2) is 11.5 Å². The third-order valence-corrected chi connectivity index (χ3v) is 7.13. The first-order valence-corrected chi connectivity index (χ1v) is 13.5. The lowest BCUT2D eigenvalue weighted by molar-refractivity contribution is 0.0332. The zero-order chi connectivity index (χ0) is 28.2. The highest BCUT2D eigenvalue weighted by Gasteiger charge is 2.20. The molecule has 0 unspecified atom stereocenters. The van der Waals surface area contributed by atoms with Crippen LogP contribution in [0.1, 0.15) is 32.9 Å². The van der Waals surface area contributed by atoms with Crippen molar-refractivity contribution in [3.05, 3.63) is 88.3 Å². The van der Waals surface area contributed by atoms with Crippen LogP contribution in [0.3, 0.4) is 0 Å². The summed E-state index contributed by atoms with van der Waals surface area (Å²) >= 11 is 0. The van der Waals surface area contributed by atoms with Crippen LogP contribution in [0.4, 0.5) is 8.78 Å². The Morgan fingerprint density at radius 2 is 1.82 bits per heavy atom. The smallest absolute Gasteiger partial charge is 0.251 e. The normalized spacial score (nSPS) is 14.2. The number of aromatic nitrogens is 1. The molecule has 210 valence electrons. The third kappa shape index (κ3) is 6.38. The average Bonchev–Trinajstić information content (AvgIpc) is 3.33. The summed E-state index contributed by atoms with van der Waals surface area (Å²) in [4.78, 5) is 21.2. The summed E-state index contributed by atoms with van der Waals surface area (Å²) in [6.45, 7) is 5.86. The molecular formula is C31H34F2N4O3. The predicted octanol–water partition coefficient (Wildman–Crippen LogP) is 4.80. The summed E-state index contributed by atoms with van der Waals surface area (Å²) in [6.07, 6.45) is 0.415. The molecule has 1 aliphatic rings. The fraction of sp³-hybridized carbons (Fsp3) is 0.355. The lowest BCUT2D eigenvalue weighted by Gasteiger charge is -2.26. The lowest BCUT2D eigenvalue weighted by atomic mass is 10.0. The lowest BCUT2D eigenvalue weighted by Crippen LogP contribution is -2.36. The van der Waals surface area contributed by atoms with E-state index < -0.39 is 11.6 Å². The highest BCUT2D eigenvalue weighted by Crippen LogP contribution is 2.32. The molecule has 1 N–H and O–H groups in total. The highest BCUT2D eigenvalue weighted by atomic mass is 19.1. The Balaban J connectivity index is 1.35. The molecule has 1 aromatic heterocycles. The molecule has 1 saturated heterocycles. The summed E-state index contributed by atoms with van der Waals surface area (Å²) in [6, 6.07) is 13.8. The first-order valence-electron chi connectivity index (χ1n) is 13.5. The Hall–Kier alpha value is -3.66. The summed E-state index contributed by atoms with van der Waals surface area (Å²) in [5.74, 6) is -0.790. The summed E-state index contributed by atoms with van der Waals surface area (Å²) in [7, 11) is 3.92. The monoisotopic (exact) mass is 548 g/mol. The standard InChI is InChI=1S/C31H34F2N4O3/c1-20-15-21(7-8-23(20)31(38)34-9-10-36(2)3)16-29-35-28-6-4-5-24(30(28)40-29)22-17-26(32)25(27(33)18-22)19-37-11-13-39-14-12-37/h4-8,15,17-18H,9-14,16,19H2,1-3H3,(H,34,38). The molecule has 5 rings (SSSR count). The van der Waals surface area contributed by atoms with E-state index in [1.165, 1.54) is 12.1 Å². The molecule has 0 bridgehead atoms. The summed E-state index contributed by atoms with van der Waals surface area (Å²) < 4.78 is 41.7. The Morgan fingerprint density at radius 3 is 2.52 bits per heavy atom. The second-order valence-electron chi connectivity index (χ2n) is 10.5. The average molecular weight is 549 g/mol. The number of amides is 1. The Labute approximate surface area is 232 Å². The molecule has 7 nitrogen and oxygen atoms in total. The number of nitrogens with one attached hydrogen (secondary N) is 1. The minimum atomic E-state index is -0.584. The summed E-state index contributed by atoms with van der Waals surface area (Å²) in [5, 5.41) is 2.94. The third-order valence-electron chi connectivity index (χ3n) is 7.13. The van der Waals surface area contributed by atoms with Gasteiger partial charge in [-0.1, -0.05) is 24.3 Å². The fourth-order valence-corrected chi connectivity index (χ4v) is 4.94. The number of oxazole rings is 1. The van der Waals surface area contributed by atoms with Crippen LogP contribution in [-0.2, 0) is 17.7 Å². The number of aryl methyl sites for hydroxylation is 1. The molecule has 0 spiro atoms. The van der Waals surface area contributed by atoms with Crippen LogP contribution in [0.2, 0.25) is 0 Å². The van der Waals surface area contributed by atoms with Crippen molar-refractivity contribution in [1.29, 1.82) is 0 Å². The molecule has 0 aliphatic carbocycles. The van der Waals surface area contributed by atoms with Gasteiger partial charge in [0.1, 0.15) is 17.2 Å². The van der Waals surface area contributed by atoms with Crippen molar-refractivity contribution in [3.63, 3.8) is 0 Å². The molecule has 3 aromatic carbocycles. The van der Waals surface area contributed by atoms with Crippen molar-refractivity contribution in [2.45, 2.75) is 19.9 Å². The number of likely N-dealkylation sites (N-methyl/N-ethyl adjacent to an activating group) is 1. The maximum atomic E-state index is 15.1. The van der Waals surface area contributed by atoms with Gasteiger partial charge in [-0.15, -0.1) is 0 Å². The van der Waals surface area contributed by atoms with E-state index >= 15 is 8.78 Å². The van der Waals surface area contributed by atoms with Crippen LogP contribution in [-0.4, -0.2) is 74.2 Å². The number of hydrogen-bond donors (Lipinski definition) is 1. The minimum Gasteiger partial charge on any atom is -0.440 e. The van der Waals surface area contributed by atoms with Crippen LogP contribution in [0.5, 0.6) is 0 Å². The molecule has 1 fully saturated rings. The van der Waals surface area contributed by atoms with Crippen molar-refractivity contribution in [2.75, 3.05) is 53.5 Å². The molecule has 4 aromatic rings. The number of benzene rings is 3. The molecule has 2 heterocycles. The fourth-order valence-electron chi connectivity index (χ4n) is 4.94. The van der Waals surface area contributed by atoms with E-state index in [0.29, 0.717) is 72.9 Å². The van der Waals surface area contributed by atoms with Crippen molar-refractivity contribution in [2.24, 2.45) is 0 Å². The minimum absolute atomic E-state index is 0.0567. The second-order valence-corrected chi connectivity index (χ2v) is 10.5. The number of fused-ring (bicyclic) bond motifs is 1. The van der Waals surface area contributed by atoms with Gasteiger partial charge >= 0.3 is 0 Å². The maximum absolute atomic E-state index is 15.1. The van der Waals surface area contributed by atoms with Gasteiger partial charge in [0.25, 0.3) is 5.91 Å². The van der Waals surface area contributed by atoms with Gasteiger partial charge in [0.05, 0.1) is 13.2 Å². The number of carbonyl (C=O) groups excluding carboxylic acids is 1. The van der Waals surface area contributed by atoms with Crippen LogP contribution in [0, 0.1) is 18.6 Å². The van der Waals surface area contributed by atoms with Crippen LogP contribution in [0.25, 0.3) is 22.2 Å². The zero-order valence-corrected chi connectivity index (χ0v) is 23.1. The molecule has 1 aliphatic heterocycles. The number of rotatable bonds is 9. The van der Waals surface area contributed by atoms with E-state index in [0.717, 1.165) is 17.7 Å². The van der Waals surface area contributed by atoms with E-state index in [4.69, 9.17) is 9.15 Å². The van der Waals surface area contributed by atoms with Gasteiger partial charge in [0.2, 0.25) is 0 Å². The number of morpholine rings is 1. The quantitative estimate of drug-likeness (QED) is 0.324. The van der Waals surface area contributed by atoms with Crippen LogP contribution >= 0.6 is 0 Å². The van der Waals surface area contributed by atoms with Gasteiger partial charge in [-0.3, -0.25) is 9.69 Å². The highest BCUT2D eigenvalue weighted by molar-refractivity contribution is 5.95. The Morgan fingerprint density at radius 1 is 1.07 bits per heavy atom. The van der Waals surface area contributed by atoms with Crippen molar-refractivity contribution < 1.29 is 22.7 Å². The first kappa shape index (κ1) is 27.9. The number of halogens is 2. The topological polar surface area (TPSA) is 70.8 Å². The Bertz CT molecular complexity index is 1490. The SMILES string of the molecule is Cc1cc(Cc2nc3cccc(-c4cc(F)c(CN5CCOCC5)c(F)c4)c3o2)ccc1C(=O)NCCN(C)C. The van der Waals surface area contributed by atoms with Crippen molar-refractivity contribution >= 4 is 17.0 Å². The molecule has 9 heteroatoms. The molecule has 0 saturated carbocycles. The van der Waals surface area contributed by atoms with Crippen LogP contribution < -0.4 is 5.32 Å². The maximum Gasteiger partial charge on any atom is 0.251 e. The molecule has 0 radical (unpaired) electrons. The molecule has 0 atom stereocenters. The van der Waals surface area contributed by atoms with Gasteiger partial charge in [-0.2, -0.15) is 0 Å². The van der Waals surface area contributed by atoms with Crippen molar-refractivity contribution in [3.8, 4) is 11.1 Å². The first-order chi connectivity index (χ1) is 19.3. The number of ether oxygens (including phenoxy) is 1. The van der Waals surface area contributed by atoms with E-state index in [9.17, 15) is 4.79 Å². The number of carbonyl (C=O) groups is 1. The van der Waals surface area contributed by atoms with Crippen molar-refractivity contribution in [1.82, 2.24) is 20.1 Å². The number of hydrogen-bond acceptors (Lipinski definition) is 6. The number of para-hydroxylation sites is 1. The van der Waals surface area contributed by atoms with E-state index in [-0.39, 0.29) is 18.0 Å². The van der Waals surface area contributed by atoms with Crippen LogP contribution in [0.15, 0.2) is 52.9 Å². The van der Waals surface area contributed by atoms with E-state index in [1.54, 1.807) is 12.1 Å². The van der Waals surface area contributed by atoms with E-state index in [2.05, 4.69) is 10.3 Å². The molecule has 1 amide bonds. The molecule has 40 heavy (non-hydrogen) atoms. The summed E-state index contributed by atoms with van der Waals surface area (Å²) in [5.41, 5.74) is 4.55. The van der Waals surface area contributed by atoms with Gasteiger partial charge in [0, 0.05) is 55.8 Å². The second kappa shape index (κ2) is 12.2. The van der Waals surface area contributed by atoms with Gasteiger partial charge in [-0.05, 0) is 62.0 Å². The van der Waals surface area contributed by atoms with Gasteiger partial charge < -0.3 is 19.4 Å². The molecular weight excluding hydrogens is 514 g/mol. The Kier molecular flexibility index (Phi) is 8.54.